The Morgan fingerprint density at radius 3 is 2.62 bits per heavy atom. The van der Waals surface area contributed by atoms with Gasteiger partial charge in [0.1, 0.15) is 5.82 Å². The molecule has 0 aliphatic carbocycles. The maximum atomic E-state index is 13.3. The van der Waals surface area contributed by atoms with Crippen LogP contribution in [0.25, 0.3) is 5.69 Å². The number of hydrogen-bond donors (Lipinski definition) is 1. The minimum absolute atomic E-state index is 0.00227. The first-order valence-corrected chi connectivity index (χ1v) is 9.01. The number of aromatic nitrogens is 2. The summed E-state index contributed by atoms with van der Waals surface area (Å²) in [4.78, 5) is 6.70. The Hall–Kier alpha value is -2.73. The van der Waals surface area contributed by atoms with Crippen molar-refractivity contribution in [3.05, 3.63) is 84.2 Å². The van der Waals surface area contributed by atoms with E-state index in [1.54, 1.807) is 18.3 Å². The highest BCUT2D eigenvalue weighted by molar-refractivity contribution is 7.80. The molecule has 1 fully saturated rings. The molecular formula is C20H19FN4S. The summed E-state index contributed by atoms with van der Waals surface area (Å²) in [6.45, 7) is 2.88. The fraction of sp³-hybridized carbons (Fsp3) is 0.200. The Morgan fingerprint density at radius 2 is 1.92 bits per heavy atom. The fourth-order valence-electron chi connectivity index (χ4n) is 3.54. The van der Waals surface area contributed by atoms with Gasteiger partial charge in [-0.15, -0.1) is 0 Å². The van der Waals surface area contributed by atoms with Crippen LogP contribution in [-0.4, -0.2) is 26.1 Å². The number of thiocarbonyl (C=S) groups is 1. The van der Waals surface area contributed by atoms with E-state index < -0.39 is 0 Å². The molecule has 0 amide bonds. The van der Waals surface area contributed by atoms with Gasteiger partial charge in [0.25, 0.3) is 0 Å². The van der Waals surface area contributed by atoms with Gasteiger partial charge in [0.2, 0.25) is 0 Å². The Morgan fingerprint density at radius 1 is 1.12 bits per heavy atom. The van der Waals surface area contributed by atoms with E-state index in [0.717, 1.165) is 28.7 Å². The zero-order valence-corrected chi connectivity index (χ0v) is 15.2. The van der Waals surface area contributed by atoms with Crippen molar-refractivity contribution in [2.75, 3.05) is 6.54 Å². The monoisotopic (exact) mass is 366 g/mol. The summed E-state index contributed by atoms with van der Waals surface area (Å²) in [5.41, 5.74) is 2.95. The maximum absolute atomic E-state index is 13.3. The second-order valence-electron chi connectivity index (χ2n) is 6.19. The van der Waals surface area contributed by atoms with E-state index in [9.17, 15) is 4.39 Å². The zero-order chi connectivity index (χ0) is 18.1. The van der Waals surface area contributed by atoms with Gasteiger partial charge in [0, 0.05) is 30.3 Å². The lowest BCUT2D eigenvalue weighted by atomic mass is 10.0. The average Bonchev–Trinajstić information content (AvgIpc) is 3.27. The number of likely N-dealkylation sites (N-methyl/N-ethyl adjacent to an activating group) is 1. The SMILES string of the molecule is CCN1C(=S)N[C@@H](c2ccccn2)[C@H]1c1cccn1-c1ccc(F)cc1. The van der Waals surface area contributed by atoms with Crippen molar-refractivity contribution in [3.63, 3.8) is 0 Å². The predicted octanol–water partition coefficient (Wildman–Crippen LogP) is 4.00. The van der Waals surface area contributed by atoms with Gasteiger partial charge in [-0.2, -0.15) is 0 Å². The Kier molecular flexibility index (Phi) is 4.42. The molecule has 3 aromatic rings. The van der Waals surface area contributed by atoms with Crippen molar-refractivity contribution in [1.29, 1.82) is 0 Å². The lowest BCUT2D eigenvalue weighted by molar-refractivity contribution is 0.321. The average molecular weight is 366 g/mol. The molecule has 3 heterocycles. The normalized spacial score (nSPS) is 19.6. The van der Waals surface area contributed by atoms with Gasteiger partial charge in [-0.25, -0.2) is 4.39 Å². The molecule has 1 N–H and O–H groups in total. The molecule has 1 aromatic carbocycles. The summed E-state index contributed by atoms with van der Waals surface area (Å²) in [7, 11) is 0. The first-order chi connectivity index (χ1) is 12.7. The van der Waals surface area contributed by atoms with Gasteiger partial charge >= 0.3 is 0 Å². The van der Waals surface area contributed by atoms with E-state index in [0.29, 0.717) is 0 Å². The van der Waals surface area contributed by atoms with Gasteiger partial charge in [0.05, 0.1) is 17.8 Å². The van der Waals surface area contributed by atoms with Crippen molar-refractivity contribution in [1.82, 2.24) is 19.8 Å². The molecule has 6 heteroatoms. The number of benzene rings is 1. The number of pyridine rings is 1. The summed E-state index contributed by atoms with van der Waals surface area (Å²) < 4.78 is 15.4. The fourth-order valence-corrected chi connectivity index (χ4v) is 3.91. The van der Waals surface area contributed by atoms with Gasteiger partial charge in [-0.3, -0.25) is 4.98 Å². The third-order valence-corrected chi connectivity index (χ3v) is 5.08. The van der Waals surface area contributed by atoms with Crippen LogP contribution in [0.4, 0.5) is 4.39 Å². The maximum Gasteiger partial charge on any atom is 0.170 e. The molecular weight excluding hydrogens is 347 g/mol. The van der Waals surface area contributed by atoms with Crippen molar-refractivity contribution < 1.29 is 4.39 Å². The quantitative estimate of drug-likeness (QED) is 0.708. The van der Waals surface area contributed by atoms with Crippen LogP contribution in [0.15, 0.2) is 67.0 Å². The summed E-state index contributed by atoms with van der Waals surface area (Å²) in [5.74, 6) is -0.243. The second kappa shape index (κ2) is 6.88. The van der Waals surface area contributed by atoms with Crippen LogP contribution in [-0.2, 0) is 0 Å². The molecule has 0 radical (unpaired) electrons. The minimum atomic E-state index is -0.243. The number of nitrogens with one attached hydrogen (secondary N) is 1. The molecule has 0 saturated carbocycles. The first kappa shape index (κ1) is 16.7. The molecule has 0 spiro atoms. The third kappa shape index (κ3) is 2.86. The van der Waals surface area contributed by atoms with Gasteiger partial charge in [0.15, 0.2) is 5.11 Å². The highest BCUT2D eigenvalue weighted by Gasteiger charge is 2.40. The number of hydrogen-bond acceptors (Lipinski definition) is 2. The molecule has 1 aliphatic rings. The van der Waals surface area contributed by atoms with Crippen molar-refractivity contribution >= 4 is 17.3 Å². The van der Waals surface area contributed by atoms with E-state index in [2.05, 4.69) is 32.8 Å². The van der Waals surface area contributed by atoms with Crippen LogP contribution in [0.3, 0.4) is 0 Å². The molecule has 26 heavy (non-hydrogen) atoms. The third-order valence-electron chi connectivity index (χ3n) is 4.73. The Bertz CT molecular complexity index is 907. The molecule has 2 atom stereocenters. The van der Waals surface area contributed by atoms with Crippen LogP contribution in [0.2, 0.25) is 0 Å². The standard InChI is InChI=1S/C20H19FN4S/c1-2-24-19(18(23-20(24)26)16-6-3-4-12-22-16)17-7-5-13-25(17)15-10-8-14(21)9-11-15/h3-13,18-19H,2H2,1H3,(H,23,26)/t18-,19+/m0/s1. The van der Waals surface area contributed by atoms with E-state index in [4.69, 9.17) is 12.2 Å². The zero-order valence-electron chi connectivity index (χ0n) is 14.3. The van der Waals surface area contributed by atoms with Crippen molar-refractivity contribution in [3.8, 4) is 5.69 Å². The van der Waals surface area contributed by atoms with Crippen LogP contribution in [0.5, 0.6) is 0 Å². The first-order valence-electron chi connectivity index (χ1n) is 8.60. The van der Waals surface area contributed by atoms with E-state index in [-0.39, 0.29) is 17.9 Å². The molecule has 0 unspecified atom stereocenters. The topological polar surface area (TPSA) is 33.1 Å². The van der Waals surface area contributed by atoms with Gasteiger partial charge in [-0.1, -0.05) is 6.07 Å². The highest BCUT2D eigenvalue weighted by atomic mass is 32.1. The number of halogens is 1. The van der Waals surface area contributed by atoms with E-state index in [1.165, 1.54) is 12.1 Å². The number of rotatable bonds is 4. The summed E-state index contributed by atoms with van der Waals surface area (Å²) in [5, 5.41) is 4.14. The molecule has 1 aliphatic heterocycles. The van der Waals surface area contributed by atoms with Crippen molar-refractivity contribution in [2.24, 2.45) is 0 Å². The van der Waals surface area contributed by atoms with Gasteiger partial charge < -0.3 is 14.8 Å². The summed E-state index contributed by atoms with van der Waals surface area (Å²) in [6.07, 6.45) is 3.79. The molecule has 2 aromatic heterocycles. The van der Waals surface area contributed by atoms with E-state index >= 15 is 0 Å². The van der Waals surface area contributed by atoms with E-state index in [1.807, 2.05) is 30.5 Å². The van der Waals surface area contributed by atoms with Crippen LogP contribution < -0.4 is 5.32 Å². The number of nitrogens with zero attached hydrogens (tertiary/aromatic N) is 3. The molecule has 4 nitrogen and oxygen atoms in total. The molecule has 132 valence electrons. The minimum Gasteiger partial charge on any atom is -0.352 e. The molecule has 4 rings (SSSR count). The summed E-state index contributed by atoms with van der Waals surface area (Å²) >= 11 is 5.57. The Balaban J connectivity index is 1.80. The predicted molar refractivity (Wildman–Crippen MR) is 104 cm³/mol. The Labute approximate surface area is 157 Å². The highest BCUT2D eigenvalue weighted by Crippen LogP contribution is 2.39. The van der Waals surface area contributed by atoms with Crippen LogP contribution in [0.1, 0.15) is 30.4 Å². The second-order valence-corrected chi connectivity index (χ2v) is 6.58. The lowest BCUT2D eigenvalue weighted by Gasteiger charge is -2.27. The lowest BCUT2D eigenvalue weighted by Crippen LogP contribution is -2.30. The van der Waals surface area contributed by atoms with Crippen molar-refractivity contribution in [2.45, 2.75) is 19.0 Å². The van der Waals surface area contributed by atoms with Crippen LogP contribution >= 0.6 is 12.2 Å². The molecule has 1 saturated heterocycles. The molecule has 0 bridgehead atoms. The van der Waals surface area contributed by atoms with Crippen LogP contribution in [0, 0.1) is 5.82 Å². The smallest absolute Gasteiger partial charge is 0.170 e. The summed E-state index contributed by atoms with van der Waals surface area (Å²) in [6, 6.07) is 16.5. The largest absolute Gasteiger partial charge is 0.352 e. The van der Waals surface area contributed by atoms with Gasteiger partial charge in [-0.05, 0) is 67.7 Å².